The average Bonchev–Trinajstić information content (AvgIpc) is 3.69. The molecule has 0 amide bonds. The maximum Gasteiger partial charge on any atom is 0.184 e. The van der Waals surface area contributed by atoms with Crippen molar-refractivity contribution in [1.82, 2.24) is 38.7 Å². The summed E-state index contributed by atoms with van der Waals surface area (Å²) in [6.07, 6.45) is 5.51. The summed E-state index contributed by atoms with van der Waals surface area (Å²) in [7, 11) is 0. The van der Waals surface area contributed by atoms with E-state index >= 15 is 0 Å². The molecular formula is C38H28F2N12. The van der Waals surface area contributed by atoms with E-state index < -0.39 is 5.82 Å². The number of hydrogen-bond donors (Lipinski definition) is 3. The van der Waals surface area contributed by atoms with Gasteiger partial charge in [0.25, 0.3) is 0 Å². The number of nitrogen functional groups attached to an aromatic ring is 1. The van der Waals surface area contributed by atoms with E-state index in [0.717, 1.165) is 11.3 Å². The van der Waals surface area contributed by atoms with Crippen LogP contribution in [0.4, 0.5) is 26.2 Å². The topological polar surface area (TPSA) is 174 Å². The standard InChI is InChI=1S/C38H28F2N12/c1-20-17-44-30-13-7-24(18-51(20)30)35-33(23-5-11-27(40)12-6-23)49-38(29(16-42)46-35)50-37-21(2)52-19-25(8-14-31(52)47-37)34-32(22-3-9-26(39)10-4-22)48-36(43)28(15-41)45-34/h3-14,17-19H,15,41H2,1-2H3,(H2,43,48)(H,49,50). The van der Waals surface area contributed by atoms with Gasteiger partial charge >= 0.3 is 0 Å². The number of hydrogen-bond acceptors (Lipinski definition) is 10. The van der Waals surface area contributed by atoms with Gasteiger partial charge in [0.2, 0.25) is 0 Å². The van der Waals surface area contributed by atoms with Gasteiger partial charge in [0.1, 0.15) is 34.8 Å². The minimum absolute atomic E-state index is 0.0378. The van der Waals surface area contributed by atoms with Crippen LogP contribution in [-0.4, -0.2) is 38.7 Å². The maximum absolute atomic E-state index is 14.0. The van der Waals surface area contributed by atoms with Crippen LogP contribution in [0.5, 0.6) is 0 Å². The summed E-state index contributed by atoms with van der Waals surface area (Å²) >= 11 is 0. The molecule has 8 rings (SSSR count). The summed E-state index contributed by atoms with van der Waals surface area (Å²) in [5.74, 6) is 0.0213. The van der Waals surface area contributed by atoms with Gasteiger partial charge in [-0.15, -0.1) is 0 Å². The van der Waals surface area contributed by atoms with E-state index in [1.54, 1.807) is 30.5 Å². The molecule has 0 radical (unpaired) electrons. The van der Waals surface area contributed by atoms with Crippen molar-refractivity contribution in [3.05, 3.63) is 126 Å². The minimum Gasteiger partial charge on any atom is -0.382 e. The highest BCUT2D eigenvalue weighted by molar-refractivity contribution is 5.82. The Morgan fingerprint density at radius 2 is 1.23 bits per heavy atom. The highest BCUT2D eigenvalue weighted by Crippen LogP contribution is 2.35. The Morgan fingerprint density at radius 3 is 1.87 bits per heavy atom. The predicted molar refractivity (Wildman–Crippen MR) is 193 cm³/mol. The zero-order chi connectivity index (χ0) is 36.1. The Balaban J connectivity index is 1.23. The molecule has 8 aromatic rings. The summed E-state index contributed by atoms with van der Waals surface area (Å²) in [4.78, 5) is 28.2. The van der Waals surface area contributed by atoms with E-state index in [2.05, 4.69) is 21.4 Å². The molecular weight excluding hydrogens is 662 g/mol. The lowest BCUT2D eigenvalue weighted by atomic mass is 10.0. The van der Waals surface area contributed by atoms with Crippen LogP contribution in [-0.2, 0) is 6.54 Å². The summed E-state index contributed by atoms with van der Waals surface area (Å²) in [6.45, 7) is 3.88. The van der Waals surface area contributed by atoms with Gasteiger partial charge in [-0.05, 0) is 86.6 Å². The van der Waals surface area contributed by atoms with Crippen LogP contribution in [0.3, 0.4) is 0 Å². The van der Waals surface area contributed by atoms with Gasteiger partial charge in [-0.25, -0.2) is 38.7 Å². The van der Waals surface area contributed by atoms with E-state index in [-0.39, 0.29) is 29.7 Å². The Morgan fingerprint density at radius 1 is 0.673 bits per heavy atom. The number of rotatable bonds is 7. The molecule has 0 saturated carbocycles. The highest BCUT2D eigenvalue weighted by Gasteiger charge is 2.21. The van der Waals surface area contributed by atoms with Crippen LogP contribution in [0.15, 0.2) is 91.4 Å². The smallest absolute Gasteiger partial charge is 0.184 e. The molecule has 0 aliphatic carbocycles. The first kappa shape index (κ1) is 32.1. The van der Waals surface area contributed by atoms with E-state index in [0.29, 0.717) is 67.9 Å². The molecule has 5 N–H and O–H groups in total. The molecule has 6 aromatic heterocycles. The second kappa shape index (κ2) is 12.7. The van der Waals surface area contributed by atoms with Crippen molar-refractivity contribution in [1.29, 1.82) is 5.26 Å². The highest BCUT2D eigenvalue weighted by atomic mass is 19.1. The fourth-order valence-electron chi connectivity index (χ4n) is 6.03. The van der Waals surface area contributed by atoms with Gasteiger partial charge < -0.3 is 25.6 Å². The lowest BCUT2D eigenvalue weighted by Crippen LogP contribution is -2.09. The molecule has 0 spiro atoms. The molecule has 2 aromatic carbocycles. The van der Waals surface area contributed by atoms with Crippen LogP contribution in [0.1, 0.15) is 22.8 Å². The molecule has 6 heterocycles. The number of nitrogens with two attached hydrogens (primary N) is 2. The molecule has 14 heteroatoms. The van der Waals surface area contributed by atoms with Gasteiger partial charge in [0.05, 0.1) is 34.2 Å². The summed E-state index contributed by atoms with van der Waals surface area (Å²) in [5, 5.41) is 13.5. The van der Waals surface area contributed by atoms with Crippen molar-refractivity contribution >= 4 is 28.7 Å². The maximum atomic E-state index is 14.0. The lowest BCUT2D eigenvalue weighted by molar-refractivity contribution is 0.627. The van der Waals surface area contributed by atoms with E-state index in [1.165, 1.54) is 24.3 Å². The number of halogens is 2. The fraction of sp³-hybridized carbons (Fsp3) is 0.0789. The molecule has 0 bridgehead atoms. The van der Waals surface area contributed by atoms with Crippen LogP contribution in [0.25, 0.3) is 56.3 Å². The first-order valence-electron chi connectivity index (χ1n) is 16.1. The predicted octanol–water partition coefficient (Wildman–Crippen LogP) is 6.78. The van der Waals surface area contributed by atoms with Gasteiger partial charge in [-0.1, -0.05) is 0 Å². The summed E-state index contributed by atoms with van der Waals surface area (Å²) < 4.78 is 31.6. The molecule has 0 fully saturated rings. The van der Waals surface area contributed by atoms with Crippen LogP contribution >= 0.6 is 0 Å². The molecule has 0 aliphatic heterocycles. The third-order valence-corrected chi connectivity index (χ3v) is 8.76. The second-order valence-corrected chi connectivity index (χ2v) is 12.1. The Hall–Kier alpha value is -7.11. The number of imidazole rings is 2. The normalized spacial score (nSPS) is 11.3. The van der Waals surface area contributed by atoms with E-state index in [1.807, 2.05) is 59.3 Å². The van der Waals surface area contributed by atoms with Crippen molar-refractivity contribution in [2.24, 2.45) is 5.73 Å². The monoisotopic (exact) mass is 690 g/mol. The first-order chi connectivity index (χ1) is 25.2. The molecule has 0 saturated heterocycles. The third kappa shape index (κ3) is 5.60. The van der Waals surface area contributed by atoms with Gasteiger partial charge in [0.15, 0.2) is 17.3 Å². The fourth-order valence-corrected chi connectivity index (χ4v) is 6.03. The number of benzene rings is 2. The van der Waals surface area contributed by atoms with Crippen LogP contribution in [0, 0.1) is 36.8 Å². The Labute approximate surface area is 295 Å². The second-order valence-electron chi connectivity index (χ2n) is 12.1. The Bertz CT molecular complexity index is 2710. The number of fused-ring (bicyclic) bond motifs is 2. The van der Waals surface area contributed by atoms with Crippen molar-refractivity contribution in [2.75, 3.05) is 11.1 Å². The molecule has 0 unspecified atom stereocenters. The third-order valence-electron chi connectivity index (χ3n) is 8.76. The molecule has 0 aliphatic rings. The van der Waals surface area contributed by atoms with E-state index in [4.69, 9.17) is 31.4 Å². The number of nitrogens with one attached hydrogen (secondary N) is 1. The zero-order valence-electron chi connectivity index (χ0n) is 27.8. The minimum atomic E-state index is -0.394. The van der Waals surface area contributed by atoms with Crippen LogP contribution in [0.2, 0.25) is 0 Å². The van der Waals surface area contributed by atoms with Gasteiger partial charge in [0, 0.05) is 53.1 Å². The number of nitriles is 1. The lowest BCUT2D eigenvalue weighted by Gasteiger charge is -2.14. The molecule has 12 nitrogen and oxygen atoms in total. The van der Waals surface area contributed by atoms with E-state index in [9.17, 15) is 14.0 Å². The van der Waals surface area contributed by atoms with Crippen molar-refractivity contribution in [2.45, 2.75) is 20.4 Å². The number of nitrogens with zero attached hydrogens (tertiary/aromatic N) is 9. The first-order valence-corrected chi connectivity index (χ1v) is 16.1. The molecule has 52 heavy (non-hydrogen) atoms. The quantitative estimate of drug-likeness (QED) is 0.162. The number of aryl methyl sites for hydroxylation is 2. The average molecular weight is 691 g/mol. The largest absolute Gasteiger partial charge is 0.382 e. The summed E-state index contributed by atoms with van der Waals surface area (Å²) in [5.41, 5.74) is 20.0. The number of pyridine rings is 2. The van der Waals surface area contributed by atoms with Crippen molar-refractivity contribution in [3.63, 3.8) is 0 Å². The van der Waals surface area contributed by atoms with Gasteiger partial charge in [-0.3, -0.25) is 0 Å². The number of aromatic nitrogens is 8. The number of anilines is 3. The SMILES string of the molecule is Cc1cnc2ccc(-c3nc(C#N)c(Nc4nc5ccc(-c6nc(CN)c(N)nc6-c6ccc(F)cc6)cn5c4C)nc3-c3ccc(F)cc3)cn12. The van der Waals surface area contributed by atoms with Gasteiger partial charge in [-0.2, -0.15) is 5.26 Å². The van der Waals surface area contributed by atoms with Crippen molar-refractivity contribution < 1.29 is 8.78 Å². The zero-order valence-corrected chi connectivity index (χ0v) is 27.8. The Kier molecular flexibility index (Phi) is 7.81. The molecule has 0 atom stereocenters. The van der Waals surface area contributed by atoms with Crippen LogP contribution < -0.4 is 16.8 Å². The molecule has 254 valence electrons. The van der Waals surface area contributed by atoms with Crippen molar-refractivity contribution in [3.8, 4) is 51.1 Å². The summed E-state index contributed by atoms with van der Waals surface area (Å²) in [6, 6.07) is 21.4.